The second-order valence-corrected chi connectivity index (χ2v) is 7.19. The van der Waals surface area contributed by atoms with Gasteiger partial charge in [-0.1, -0.05) is 38.8 Å². The molecular weight excluding hydrogens is 326 g/mol. The maximum Gasteiger partial charge on any atom is 0.319 e. The molecule has 0 fully saturated rings. The lowest BCUT2D eigenvalue weighted by molar-refractivity contribution is 0.250. The van der Waals surface area contributed by atoms with Gasteiger partial charge in [-0.2, -0.15) is 0 Å². The first-order valence-electron chi connectivity index (χ1n) is 9.51. The zero-order chi connectivity index (χ0) is 19.4. The van der Waals surface area contributed by atoms with E-state index in [-0.39, 0.29) is 12.1 Å². The van der Waals surface area contributed by atoms with Gasteiger partial charge in [0, 0.05) is 31.9 Å². The van der Waals surface area contributed by atoms with Crippen LogP contribution in [-0.4, -0.2) is 31.6 Å². The van der Waals surface area contributed by atoms with Crippen LogP contribution in [-0.2, 0) is 6.54 Å². The van der Waals surface area contributed by atoms with Crippen LogP contribution in [0.15, 0.2) is 29.3 Å². The van der Waals surface area contributed by atoms with E-state index in [0.717, 1.165) is 36.1 Å². The topological polar surface area (TPSA) is 77.6 Å². The number of rotatable bonds is 9. The molecule has 0 saturated heterocycles. The van der Waals surface area contributed by atoms with E-state index in [9.17, 15) is 4.79 Å². The molecule has 26 heavy (non-hydrogen) atoms. The van der Waals surface area contributed by atoms with Crippen molar-refractivity contribution < 1.29 is 4.79 Å². The second kappa shape index (κ2) is 12.2. The third-order valence-electron chi connectivity index (χ3n) is 3.82. The van der Waals surface area contributed by atoms with Gasteiger partial charge in [0.2, 0.25) is 0 Å². The molecule has 0 aliphatic carbocycles. The average Bonchev–Trinajstić information content (AvgIpc) is 2.57. The molecular formula is C20H35N5O. The molecule has 0 aliphatic rings. The number of nitrogens with zero attached hydrogens (tertiary/aromatic N) is 1. The molecule has 0 saturated carbocycles. The first-order chi connectivity index (χ1) is 12.4. The van der Waals surface area contributed by atoms with Gasteiger partial charge in [0.15, 0.2) is 5.96 Å². The smallest absolute Gasteiger partial charge is 0.319 e. The first kappa shape index (κ1) is 21.8. The van der Waals surface area contributed by atoms with Crippen molar-refractivity contribution >= 4 is 17.7 Å². The normalized spacial score (nSPS) is 11.6. The molecule has 0 atom stereocenters. The van der Waals surface area contributed by atoms with Crippen molar-refractivity contribution in [2.75, 3.05) is 18.9 Å². The SMILES string of the molecule is CN=C(NCCCCC(C)C)NCc1ccc(NC(=O)NC(C)C)cc1. The summed E-state index contributed by atoms with van der Waals surface area (Å²) in [4.78, 5) is 15.9. The van der Waals surface area contributed by atoms with Crippen molar-refractivity contribution in [3.63, 3.8) is 0 Å². The monoisotopic (exact) mass is 361 g/mol. The van der Waals surface area contributed by atoms with Crippen LogP contribution in [0.1, 0.15) is 52.5 Å². The van der Waals surface area contributed by atoms with Crippen LogP contribution in [0.4, 0.5) is 10.5 Å². The number of aliphatic imine (C=N–C) groups is 1. The van der Waals surface area contributed by atoms with Gasteiger partial charge in [-0.25, -0.2) is 4.79 Å². The number of anilines is 1. The lowest BCUT2D eigenvalue weighted by Crippen LogP contribution is -2.37. The van der Waals surface area contributed by atoms with Crippen molar-refractivity contribution in [3.05, 3.63) is 29.8 Å². The minimum Gasteiger partial charge on any atom is -0.356 e. The molecule has 1 aromatic rings. The van der Waals surface area contributed by atoms with Crippen LogP contribution < -0.4 is 21.3 Å². The molecule has 4 N–H and O–H groups in total. The van der Waals surface area contributed by atoms with Crippen LogP contribution in [0.5, 0.6) is 0 Å². The molecule has 2 amide bonds. The van der Waals surface area contributed by atoms with Crippen molar-refractivity contribution in [2.24, 2.45) is 10.9 Å². The summed E-state index contributed by atoms with van der Waals surface area (Å²) in [7, 11) is 1.78. The summed E-state index contributed by atoms with van der Waals surface area (Å²) in [5, 5.41) is 12.3. The Bertz CT molecular complexity index is 552. The van der Waals surface area contributed by atoms with Crippen LogP contribution in [0.25, 0.3) is 0 Å². The largest absolute Gasteiger partial charge is 0.356 e. The summed E-state index contributed by atoms with van der Waals surface area (Å²) in [5.74, 6) is 1.58. The molecule has 6 heteroatoms. The average molecular weight is 362 g/mol. The minimum atomic E-state index is -0.187. The summed E-state index contributed by atoms with van der Waals surface area (Å²) in [5.41, 5.74) is 1.90. The molecule has 1 rings (SSSR count). The highest BCUT2D eigenvalue weighted by Gasteiger charge is 2.04. The molecule has 0 aromatic heterocycles. The Hall–Kier alpha value is -2.24. The maximum absolute atomic E-state index is 11.7. The Kier molecular flexibility index (Phi) is 10.2. The highest BCUT2D eigenvalue weighted by molar-refractivity contribution is 5.89. The van der Waals surface area contributed by atoms with E-state index in [2.05, 4.69) is 40.1 Å². The lowest BCUT2D eigenvalue weighted by atomic mass is 10.1. The molecule has 0 unspecified atom stereocenters. The Morgan fingerprint density at radius 2 is 1.73 bits per heavy atom. The number of hydrogen-bond acceptors (Lipinski definition) is 2. The maximum atomic E-state index is 11.7. The fourth-order valence-electron chi connectivity index (χ4n) is 2.43. The van der Waals surface area contributed by atoms with Crippen LogP contribution in [0.3, 0.4) is 0 Å². The van der Waals surface area contributed by atoms with E-state index < -0.39 is 0 Å². The highest BCUT2D eigenvalue weighted by Crippen LogP contribution is 2.09. The third-order valence-corrected chi connectivity index (χ3v) is 3.82. The fourth-order valence-corrected chi connectivity index (χ4v) is 2.43. The van der Waals surface area contributed by atoms with Crippen LogP contribution in [0.2, 0.25) is 0 Å². The zero-order valence-corrected chi connectivity index (χ0v) is 16.9. The molecule has 1 aromatic carbocycles. The van der Waals surface area contributed by atoms with Gasteiger partial charge in [-0.05, 0) is 43.9 Å². The van der Waals surface area contributed by atoms with Gasteiger partial charge in [0.25, 0.3) is 0 Å². The second-order valence-electron chi connectivity index (χ2n) is 7.19. The summed E-state index contributed by atoms with van der Waals surface area (Å²) < 4.78 is 0. The van der Waals surface area contributed by atoms with E-state index in [4.69, 9.17) is 0 Å². The number of carbonyl (C=O) groups excluding carboxylic acids is 1. The minimum absolute atomic E-state index is 0.114. The summed E-state index contributed by atoms with van der Waals surface area (Å²) >= 11 is 0. The van der Waals surface area contributed by atoms with Gasteiger partial charge in [0.1, 0.15) is 0 Å². The number of amides is 2. The molecule has 0 spiro atoms. The molecule has 0 radical (unpaired) electrons. The predicted molar refractivity (Wildman–Crippen MR) is 111 cm³/mol. The Morgan fingerprint density at radius 3 is 2.31 bits per heavy atom. The molecule has 6 nitrogen and oxygen atoms in total. The van der Waals surface area contributed by atoms with E-state index in [1.54, 1.807) is 7.05 Å². The van der Waals surface area contributed by atoms with E-state index >= 15 is 0 Å². The van der Waals surface area contributed by atoms with Crippen molar-refractivity contribution in [3.8, 4) is 0 Å². The third kappa shape index (κ3) is 9.91. The van der Waals surface area contributed by atoms with Crippen molar-refractivity contribution in [1.29, 1.82) is 0 Å². The molecule has 0 aliphatic heterocycles. The first-order valence-corrected chi connectivity index (χ1v) is 9.51. The number of carbonyl (C=O) groups is 1. The number of benzene rings is 1. The summed E-state index contributed by atoms with van der Waals surface area (Å²) in [6.07, 6.45) is 3.65. The Morgan fingerprint density at radius 1 is 1.04 bits per heavy atom. The van der Waals surface area contributed by atoms with Gasteiger partial charge in [-0.15, -0.1) is 0 Å². The van der Waals surface area contributed by atoms with Gasteiger partial charge < -0.3 is 21.3 Å². The number of guanidine groups is 1. The van der Waals surface area contributed by atoms with Gasteiger partial charge in [0.05, 0.1) is 0 Å². The quantitative estimate of drug-likeness (QED) is 0.308. The van der Waals surface area contributed by atoms with E-state index in [0.29, 0.717) is 6.54 Å². The lowest BCUT2D eigenvalue weighted by Gasteiger charge is -2.13. The van der Waals surface area contributed by atoms with Crippen LogP contribution in [0, 0.1) is 5.92 Å². The van der Waals surface area contributed by atoms with E-state index in [1.165, 1.54) is 12.8 Å². The number of urea groups is 1. The molecule has 0 bridgehead atoms. The predicted octanol–water partition coefficient (Wildman–Crippen LogP) is 3.71. The fraction of sp³-hybridized carbons (Fsp3) is 0.600. The summed E-state index contributed by atoms with van der Waals surface area (Å²) in [6, 6.07) is 7.72. The van der Waals surface area contributed by atoms with Crippen LogP contribution >= 0.6 is 0 Å². The Labute approximate surface area is 158 Å². The highest BCUT2D eigenvalue weighted by atomic mass is 16.2. The summed E-state index contributed by atoms with van der Waals surface area (Å²) in [6.45, 7) is 9.99. The van der Waals surface area contributed by atoms with Crippen molar-refractivity contribution in [2.45, 2.75) is 59.5 Å². The zero-order valence-electron chi connectivity index (χ0n) is 16.9. The molecule has 0 heterocycles. The van der Waals surface area contributed by atoms with E-state index in [1.807, 2.05) is 38.1 Å². The van der Waals surface area contributed by atoms with Gasteiger partial charge in [-0.3, -0.25) is 4.99 Å². The number of nitrogens with one attached hydrogen (secondary N) is 4. The number of hydrogen-bond donors (Lipinski definition) is 4. The standard InChI is InChI=1S/C20H35N5O/c1-15(2)8-6-7-13-22-19(21-5)23-14-17-9-11-18(12-10-17)25-20(26)24-16(3)4/h9-12,15-16H,6-8,13-14H2,1-5H3,(H2,21,22,23)(H2,24,25,26). The van der Waals surface area contributed by atoms with Gasteiger partial charge >= 0.3 is 6.03 Å². The molecule has 146 valence electrons. The Balaban J connectivity index is 2.33. The number of unbranched alkanes of at least 4 members (excludes halogenated alkanes) is 1. The van der Waals surface area contributed by atoms with Crippen molar-refractivity contribution in [1.82, 2.24) is 16.0 Å².